The number of hydrogen-bond donors (Lipinski definition) is 1. The van der Waals surface area contributed by atoms with Crippen LogP contribution in [0.15, 0.2) is 72.9 Å². The number of esters is 2. The minimum Gasteiger partial charge on any atom is -0.477 e. The quantitative estimate of drug-likeness (QED) is 0.0281. The van der Waals surface area contributed by atoms with Gasteiger partial charge >= 0.3 is 17.9 Å². The molecule has 0 aliphatic carbocycles. The fraction of sp³-hybridized carbons (Fsp3) is 0.737. The first-order valence-electron chi connectivity index (χ1n) is 26.5. The number of rotatable bonds is 47. The number of nitrogens with zero attached hydrogens (tertiary/aromatic N) is 1. The lowest BCUT2D eigenvalue weighted by Gasteiger charge is -2.31. The number of unbranched alkanes of at least 4 members (excludes halogenated alkanes) is 21. The molecule has 0 spiro atoms. The van der Waals surface area contributed by atoms with E-state index in [-0.39, 0.29) is 36.2 Å². The molecule has 0 heterocycles. The summed E-state index contributed by atoms with van der Waals surface area (Å²) in [7, 11) is 5.52. The van der Waals surface area contributed by atoms with E-state index in [2.05, 4.69) is 86.8 Å². The van der Waals surface area contributed by atoms with E-state index in [0.717, 1.165) is 83.5 Å². The first kappa shape index (κ1) is 61.8. The first-order valence-corrected chi connectivity index (χ1v) is 26.5. The molecule has 374 valence electrons. The zero-order chi connectivity index (χ0) is 47.7. The zero-order valence-corrected chi connectivity index (χ0v) is 42.7. The Bertz CT molecular complexity index is 1290. The van der Waals surface area contributed by atoms with Gasteiger partial charge in [0.1, 0.15) is 6.61 Å². The summed E-state index contributed by atoms with van der Waals surface area (Å²) in [6, 6.07) is -0.624. The molecule has 65 heavy (non-hydrogen) atoms. The van der Waals surface area contributed by atoms with Crippen LogP contribution < -0.4 is 0 Å². The predicted octanol–water partition coefficient (Wildman–Crippen LogP) is 15.5. The van der Waals surface area contributed by atoms with Crippen LogP contribution in [0, 0.1) is 0 Å². The van der Waals surface area contributed by atoms with E-state index >= 15 is 0 Å². The maximum Gasteiger partial charge on any atom is 0.362 e. The highest BCUT2D eigenvalue weighted by Gasteiger charge is 2.31. The van der Waals surface area contributed by atoms with Crippen LogP contribution in [0.25, 0.3) is 0 Å². The molecule has 0 saturated carbocycles. The number of likely N-dealkylation sites (N-methyl/N-ethyl adjacent to an activating group) is 1. The molecule has 0 saturated heterocycles. The number of carboxylic acid groups (broad SMARTS) is 1. The Kier molecular flexibility index (Phi) is 44.9. The Morgan fingerprint density at radius 3 is 1.29 bits per heavy atom. The van der Waals surface area contributed by atoms with Gasteiger partial charge in [-0.15, -0.1) is 0 Å². The maximum absolute atomic E-state index is 12.8. The molecule has 8 nitrogen and oxygen atoms in total. The fourth-order valence-electron chi connectivity index (χ4n) is 7.53. The van der Waals surface area contributed by atoms with Crippen molar-refractivity contribution in [2.75, 3.05) is 41.0 Å². The summed E-state index contributed by atoms with van der Waals surface area (Å²) in [5.74, 6) is -1.50. The van der Waals surface area contributed by atoms with Gasteiger partial charge in [-0.25, -0.2) is 4.79 Å². The highest BCUT2D eigenvalue weighted by Crippen LogP contribution is 2.15. The fourth-order valence-corrected chi connectivity index (χ4v) is 7.53. The molecule has 0 aliphatic rings. The Labute approximate surface area is 400 Å². The lowest BCUT2D eigenvalue weighted by atomic mass is 10.1. The van der Waals surface area contributed by atoms with Crippen LogP contribution in [0.3, 0.4) is 0 Å². The minimum absolute atomic E-state index is 0.0465. The Morgan fingerprint density at radius 1 is 0.477 bits per heavy atom. The van der Waals surface area contributed by atoms with Gasteiger partial charge in [0.25, 0.3) is 0 Å². The number of ether oxygens (including phenoxy) is 3. The van der Waals surface area contributed by atoms with Crippen LogP contribution in [-0.2, 0) is 28.6 Å². The van der Waals surface area contributed by atoms with Gasteiger partial charge in [0.2, 0.25) is 0 Å². The van der Waals surface area contributed by atoms with Crippen molar-refractivity contribution in [2.24, 2.45) is 0 Å². The van der Waals surface area contributed by atoms with Crippen molar-refractivity contribution in [2.45, 2.75) is 231 Å². The van der Waals surface area contributed by atoms with E-state index in [1.807, 2.05) is 21.1 Å². The van der Waals surface area contributed by atoms with Crippen LogP contribution in [0.1, 0.15) is 219 Å². The molecule has 0 aromatic heterocycles. The van der Waals surface area contributed by atoms with E-state index in [1.54, 1.807) is 0 Å². The second-order valence-electron chi connectivity index (χ2n) is 18.7. The molecule has 0 bridgehead atoms. The number of carboxylic acids is 1. The molecule has 2 unspecified atom stereocenters. The van der Waals surface area contributed by atoms with Gasteiger partial charge in [-0.3, -0.25) is 9.59 Å². The third-order valence-corrected chi connectivity index (χ3v) is 11.6. The smallest absolute Gasteiger partial charge is 0.362 e. The molecule has 0 aliphatic heterocycles. The molecular formula is C57H100NO7+. The monoisotopic (exact) mass is 911 g/mol. The Hall–Kier alpha value is -3.23. The lowest BCUT2D eigenvalue weighted by molar-refractivity contribution is -0.887. The summed E-state index contributed by atoms with van der Waals surface area (Å²) in [6.45, 7) is 4.61. The second kappa shape index (κ2) is 47.3. The van der Waals surface area contributed by atoms with E-state index in [4.69, 9.17) is 14.2 Å². The van der Waals surface area contributed by atoms with Crippen molar-refractivity contribution in [3.63, 3.8) is 0 Å². The second-order valence-corrected chi connectivity index (χ2v) is 18.7. The molecule has 0 fully saturated rings. The standard InChI is InChI=1S/C57H99NO7/c1-6-8-10-12-14-16-18-20-22-24-26-28-30-31-33-35-37-39-41-43-45-47-55(59)64-52-53(51-63-50-49-54(57(61)62)58(3,4)5)65-56(60)48-46-44-42-40-38-36-34-32-29-27-25-23-21-19-17-15-13-11-9-7-2/h9,11,15,17,21,23,27-30,34,36,53-54H,6-8,10,12-14,16,18-20,22,24-26,31-33,35,37-52H2,1-5H3/p+1/b11-9+,17-15+,23-21+,29-27+,30-28+,36-34+. The van der Waals surface area contributed by atoms with Crippen LogP contribution in [0.2, 0.25) is 0 Å². The summed E-state index contributed by atoms with van der Waals surface area (Å²) in [4.78, 5) is 37.2. The maximum atomic E-state index is 12.8. The summed E-state index contributed by atoms with van der Waals surface area (Å²) >= 11 is 0. The van der Waals surface area contributed by atoms with Gasteiger partial charge in [-0.1, -0.05) is 189 Å². The van der Waals surface area contributed by atoms with E-state index in [1.165, 1.54) is 103 Å². The molecule has 0 amide bonds. The molecule has 0 radical (unpaired) electrons. The van der Waals surface area contributed by atoms with Crippen molar-refractivity contribution >= 4 is 17.9 Å². The molecule has 8 heteroatoms. The number of hydrogen-bond acceptors (Lipinski definition) is 6. The number of quaternary nitrogens is 1. The first-order chi connectivity index (χ1) is 31.6. The number of carbonyl (C=O) groups excluding carboxylic acids is 2. The predicted molar refractivity (Wildman–Crippen MR) is 275 cm³/mol. The van der Waals surface area contributed by atoms with Crippen LogP contribution in [0.4, 0.5) is 0 Å². The number of allylic oxidation sites excluding steroid dienone is 12. The average Bonchev–Trinajstić information content (AvgIpc) is 3.27. The van der Waals surface area contributed by atoms with Gasteiger partial charge in [-0.05, 0) is 83.5 Å². The van der Waals surface area contributed by atoms with Crippen LogP contribution in [-0.4, -0.2) is 80.6 Å². The number of carbonyl (C=O) groups is 3. The largest absolute Gasteiger partial charge is 0.477 e. The normalized spacial score (nSPS) is 13.4. The Balaban J connectivity index is 4.29. The summed E-state index contributed by atoms with van der Waals surface area (Å²) in [5.41, 5.74) is 0. The third kappa shape index (κ3) is 45.7. The van der Waals surface area contributed by atoms with Gasteiger partial charge in [0.15, 0.2) is 12.1 Å². The third-order valence-electron chi connectivity index (χ3n) is 11.6. The van der Waals surface area contributed by atoms with Gasteiger partial charge in [0, 0.05) is 19.3 Å². The SMILES string of the molecule is CC/C=C/C/C=C/C/C=C/C/C=C/C/C=C/CCCCCCC(=O)OC(COCCC(C(=O)O)[N+](C)(C)C)COC(=O)CCCCCCCCC/C=C/CCCCCCCCCCCC. The molecule has 2 atom stereocenters. The van der Waals surface area contributed by atoms with Gasteiger partial charge in [-0.2, -0.15) is 0 Å². The molecule has 1 N–H and O–H groups in total. The summed E-state index contributed by atoms with van der Waals surface area (Å²) in [6.07, 6.45) is 61.0. The minimum atomic E-state index is -0.881. The van der Waals surface area contributed by atoms with Crippen molar-refractivity contribution in [3.05, 3.63) is 72.9 Å². The van der Waals surface area contributed by atoms with E-state index in [0.29, 0.717) is 19.3 Å². The van der Waals surface area contributed by atoms with Crippen molar-refractivity contribution in [1.82, 2.24) is 0 Å². The Morgan fingerprint density at radius 2 is 0.862 bits per heavy atom. The van der Waals surface area contributed by atoms with E-state index in [9.17, 15) is 19.5 Å². The highest BCUT2D eigenvalue weighted by molar-refractivity contribution is 5.72. The average molecular weight is 911 g/mol. The van der Waals surface area contributed by atoms with Crippen molar-refractivity contribution < 1.29 is 38.2 Å². The summed E-state index contributed by atoms with van der Waals surface area (Å²) in [5, 5.41) is 9.66. The van der Waals surface area contributed by atoms with Crippen molar-refractivity contribution in [3.8, 4) is 0 Å². The van der Waals surface area contributed by atoms with Crippen molar-refractivity contribution in [1.29, 1.82) is 0 Å². The molecule has 0 aromatic rings. The summed E-state index contributed by atoms with van der Waals surface area (Å²) < 4.78 is 17.3. The van der Waals surface area contributed by atoms with Crippen LogP contribution in [0.5, 0.6) is 0 Å². The van der Waals surface area contributed by atoms with Gasteiger partial charge < -0.3 is 23.8 Å². The molecule has 0 aromatic carbocycles. The topological polar surface area (TPSA) is 99.1 Å². The number of aliphatic carboxylic acids is 1. The van der Waals surface area contributed by atoms with Gasteiger partial charge in [0.05, 0.1) is 34.4 Å². The molecule has 0 rings (SSSR count). The lowest BCUT2D eigenvalue weighted by Crippen LogP contribution is -2.50. The zero-order valence-electron chi connectivity index (χ0n) is 42.7. The highest BCUT2D eigenvalue weighted by atomic mass is 16.6. The van der Waals surface area contributed by atoms with Crippen LogP contribution >= 0.6 is 0 Å². The molecular weight excluding hydrogens is 811 g/mol. The van der Waals surface area contributed by atoms with E-state index < -0.39 is 18.1 Å².